The molecule has 5 amide bonds. The Labute approximate surface area is 211 Å². The topological polar surface area (TPSA) is 200 Å². The number of carbonyl (C=O) groups is 6. The molecule has 0 saturated carbocycles. The number of likely N-dealkylation sites (tertiary alicyclic amines) is 1. The van der Waals surface area contributed by atoms with Gasteiger partial charge in [-0.25, -0.2) is 0 Å². The van der Waals surface area contributed by atoms with Crippen molar-refractivity contribution >= 4 is 35.5 Å². The maximum atomic E-state index is 13.0. The summed E-state index contributed by atoms with van der Waals surface area (Å²) >= 11 is 0. The molecule has 0 aromatic heterocycles. The summed E-state index contributed by atoms with van der Waals surface area (Å²) in [5.41, 5.74) is 5.79. The Morgan fingerprint density at radius 2 is 1.56 bits per heavy atom. The van der Waals surface area contributed by atoms with Gasteiger partial charge in [0.05, 0.1) is 12.6 Å². The van der Waals surface area contributed by atoms with Gasteiger partial charge < -0.3 is 37.0 Å². The number of carboxylic acids is 1. The van der Waals surface area contributed by atoms with Crippen LogP contribution in [0.25, 0.3) is 0 Å². The summed E-state index contributed by atoms with van der Waals surface area (Å²) in [4.78, 5) is 74.5. The Hall–Kier alpha value is -3.22. The lowest BCUT2D eigenvalue weighted by molar-refractivity contribution is -0.142. The van der Waals surface area contributed by atoms with Crippen LogP contribution in [0.1, 0.15) is 53.9 Å². The van der Waals surface area contributed by atoms with Crippen LogP contribution in [0.3, 0.4) is 0 Å². The Kier molecular flexibility index (Phi) is 12.3. The molecule has 1 rings (SSSR count). The number of nitrogens with zero attached hydrogens (tertiary/aromatic N) is 1. The molecule has 0 spiro atoms. The van der Waals surface area contributed by atoms with Gasteiger partial charge in [-0.2, -0.15) is 0 Å². The zero-order valence-electron chi connectivity index (χ0n) is 21.6. The van der Waals surface area contributed by atoms with Gasteiger partial charge in [0.15, 0.2) is 0 Å². The second kappa shape index (κ2) is 14.4. The first-order chi connectivity index (χ1) is 16.7. The highest BCUT2D eigenvalue weighted by atomic mass is 16.4. The molecule has 0 bridgehead atoms. The Morgan fingerprint density at radius 1 is 0.944 bits per heavy atom. The third-order valence-electron chi connectivity index (χ3n) is 5.73. The average Bonchev–Trinajstić information content (AvgIpc) is 3.27. The van der Waals surface area contributed by atoms with E-state index in [-0.39, 0.29) is 18.4 Å². The van der Waals surface area contributed by atoms with E-state index in [0.29, 0.717) is 25.8 Å². The van der Waals surface area contributed by atoms with Crippen molar-refractivity contribution in [1.29, 1.82) is 0 Å². The minimum Gasteiger partial charge on any atom is -0.480 e. The van der Waals surface area contributed by atoms with Crippen LogP contribution < -0.4 is 27.0 Å². The Bertz CT molecular complexity index is 832. The quantitative estimate of drug-likeness (QED) is 0.168. The van der Waals surface area contributed by atoms with E-state index < -0.39 is 66.2 Å². The fourth-order valence-corrected chi connectivity index (χ4v) is 3.88. The highest BCUT2D eigenvalue weighted by Gasteiger charge is 2.38. The summed E-state index contributed by atoms with van der Waals surface area (Å²) in [5.74, 6) is -3.98. The summed E-state index contributed by atoms with van der Waals surface area (Å²) in [5, 5.41) is 18.6. The summed E-state index contributed by atoms with van der Waals surface area (Å²) in [6.45, 7) is 8.13. The van der Waals surface area contributed by atoms with Gasteiger partial charge >= 0.3 is 5.97 Å². The first-order valence-electron chi connectivity index (χ1n) is 12.2. The first kappa shape index (κ1) is 30.8. The number of nitrogens with two attached hydrogens (primary N) is 1. The van der Waals surface area contributed by atoms with Crippen LogP contribution in [0.5, 0.6) is 0 Å². The molecule has 1 aliphatic rings. The molecule has 13 heteroatoms. The lowest BCUT2D eigenvalue weighted by Gasteiger charge is -2.29. The number of rotatable bonds is 13. The normalized spacial score (nSPS) is 17.8. The highest BCUT2D eigenvalue weighted by molar-refractivity contribution is 5.95. The van der Waals surface area contributed by atoms with E-state index in [1.807, 2.05) is 13.8 Å². The molecule has 0 aromatic carbocycles. The summed E-state index contributed by atoms with van der Waals surface area (Å²) in [7, 11) is 0. The van der Waals surface area contributed by atoms with Crippen LogP contribution in [-0.4, -0.2) is 89.3 Å². The molecule has 1 fully saturated rings. The molecule has 13 nitrogen and oxygen atoms in total. The van der Waals surface area contributed by atoms with E-state index >= 15 is 0 Å². The molecule has 1 aliphatic heterocycles. The van der Waals surface area contributed by atoms with E-state index in [4.69, 9.17) is 10.8 Å². The number of hydrogen-bond acceptors (Lipinski definition) is 7. The Morgan fingerprint density at radius 3 is 2.11 bits per heavy atom. The van der Waals surface area contributed by atoms with Gasteiger partial charge in [-0.15, -0.1) is 0 Å². The van der Waals surface area contributed by atoms with Crippen LogP contribution in [0.4, 0.5) is 0 Å². The lowest BCUT2D eigenvalue weighted by Crippen LogP contribution is -2.57. The largest absolute Gasteiger partial charge is 0.480 e. The molecule has 0 aliphatic carbocycles. The maximum Gasteiger partial charge on any atom is 0.322 e. The molecule has 7 N–H and O–H groups in total. The zero-order valence-corrected chi connectivity index (χ0v) is 21.6. The molecule has 0 radical (unpaired) electrons. The van der Waals surface area contributed by atoms with Crippen molar-refractivity contribution < 1.29 is 33.9 Å². The van der Waals surface area contributed by atoms with E-state index in [1.165, 1.54) is 11.8 Å². The fourth-order valence-electron chi connectivity index (χ4n) is 3.88. The van der Waals surface area contributed by atoms with Gasteiger partial charge in [-0.05, 0) is 38.0 Å². The van der Waals surface area contributed by atoms with Crippen LogP contribution in [0.15, 0.2) is 0 Å². The second-order valence-electron chi connectivity index (χ2n) is 9.77. The molecule has 0 unspecified atom stereocenters. The molecular formula is C23H40N6O7. The number of nitrogens with one attached hydrogen (secondary N) is 4. The molecular weight excluding hydrogens is 472 g/mol. The summed E-state index contributed by atoms with van der Waals surface area (Å²) in [6.07, 6.45) is 1.41. The number of hydrogen-bond donors (Lipinski definition) is 6. The maximum absolute atomic E-state index is 13.0. The first-order valence-corrected chi connectivity index (χ1v) is 12.2. The van der Waals surface area contributed by atoms with Gasteiger partial charge in [0.1, 0.15) is 24.7 Å². The number of carbonyl (C=O) groups excluding carboxylic acids is 5. The van der Waals surface area contributed by atoms with Crippen LogP contribution in [0.2, 0.25) is 0 Å². The van der Waals surface area contributed by atoms with E-state index in [0.717, 1.165) is 0 Å². The predicted octanol–water partition coefficient (Wildman–Crippen LogP) is -1.69. The second-order valence-corrected chi connectivity index (χ2v) is 9.77. The van der Waals surface area contributed by atoms with Crippen molar-refractivity contribution in [3.63, 3.8) is 0 Å². The van der Waals surface area contributed by atoms with Crippen LogP contribution in [0, 0.1) is 11.8 Å². The van der Waals surface area contributed by atoms with Gasteiger partial charge in [0.2, 0.25) is 29.5 Å². The van der Waals surface area contributed by atoms with Crippen LogP contribution in [-0.2, 0) is 28.8 Å². The standard InChI is InChI=1S/C23H40N6O7/c1-12(2)9-15(24)20(33)25-10-17(30)27-14(5)23(36)29-8-6-7-16(29)21(34)28-19(13(3)4)22(35)26-11-18(31)32/h12-16,19H,6-11,24H2,1-5H3,(H,25,33)(H,26,35)(H,27,30)(H,28,34)(H,31,32)/t14-,15-,16-,19-/m0/s1. The lowest BCUT2D eigenvalue weighted by atomic mass is 10.0. The Balaban J connectivity index is 2.68. The van der Waals surface area contributed by atoms with Gasteiger partial charge in [-0.3, -0.25) is 28.8 Å². The molecule has 204 valence electrons. The molecule has 36 heavy (non-hydrogen) atoms. The fraction of sp³-hybridized carbons (Fsp3) is 0.739. The third kappa shape index (κ3) is 9.80. The van der Waals surface area contributed by atoms with Crippen molar-refractivity contribution in [2.24, 2.45) is 17.6 Å². The number of carboxylic acid groups (broad SMARTS) is 1. The van der Waals surface area contributed by atoms with E-state index in [1.54, 1.807) is 13.8 Å². The van der Waals surface area contributed by atoms with Crippen LogP contribution >= 0.6 is 0 Å². The summed E-state index contributed by atoms with van der Waals surface area (Å²) in [6, 6.07) is -3.50. The van der Waals surface area contributed by atoms with E-state index in [9.17, 15) is 28.8 Å². The highest BCUT2D eigenvalue weighted by Crippen LogP contribution is 2.19. The SMILES string of the molecule is CC(C)C[C@H](N)C(=O)NCC(=O)N[C@@H](C)C(=O)N1CCC[C@H]1C(=O)N[C@H](C(=O)NCC(=O)O)C(C)C. The molecule has 1 heterocycles. The zero-order chi connectivity index (χ0) is 27.6. The van der Waals surface area contributed by atoms with E-state index in [2.05, 4.69) is 21.3 Å². The molecule has 4 atom stereocenters. The van der Waals surface area contributed by atoms with Gasteiger partial charge in [0.25, 0.3) is 0 Å². The number of aliphatic carboxylic acids is 1. The van der Waals surface area contributed by atoms with Crippen molar-refractivity contribution in [2.45, 2.75) is 78.0 Å². The van der Waals surface area contributed by atoms with Crippen molar-refractivity contribution in [1.82, 2.24) is 26.2 Å². The van der Waals surface area contributed by atoms with Crippen molar-refractivity contribution in [2.75, 3.05) is 19.6 Å². The molecule has 0 aromatic rings. The van der Waals surface area contributed by atoms with Gasteiger partial charge in [-0.1, -0.05) is 27.7 Å². The minimum absolute atomic E-state index is 0.220. The van der Waals surface area contributed by atoms with Crippen molar-refractivity contribution in [3.05, 3.63) is 0 Å². The predicted molar refractivity (Wildman–Crippen MR) is 130 cm³/mol. The van der Waals surface area contributed by atoms with Crippen molar-refractivity contribution in [3.8, 4) is 0 Å². The smallest absolute Gasteiger partial charge is 0.322 e. The van der Waals surface area contributed by atoms with Gasteiger partial charge in [0, 0.05) is 6.54 Å². The average molecular weight is 513 g/mol. The minimum atomic E-state index is -1.21. The number of amides is 5. The summed E-state index contributed by atoms with van der Waals surface area (Å²) < 4.78 is 0. The molecule has 1 saturated heterocycles. The third-order valence-corrected chi connectivity index (χ3v) is 5.73. The monoisotopic (exact) mass is 512 g/mol.